The molecule has 0 aliphatic rings. The van der Waals surface area contributed by atoms with Crippen molar-refractivity contribution in [3.8, 4) is 10.6 Å². The van der Waals surface area contributed by atoms with E-state index < -0.39 is 0 Å². The van der Waals surface area contributed by atoms with Crippen LogP contribution < -0.4 is 5.32 Å². The van der Waals surface area contributed by atoms with Gasteiger partial charge in [-0.1, -0.05) is 24.3 Å². The minimum atomic E-state index is 0.0515. The molecule has 1 N–H and O–H groups in total. The monoisotopic (exact) mass is 356 g/mol. The van der Waals surface area contributed by atoms with E-state index >= 15 is 0 Å². The molecule has 0 spiro atoms. The fourth-order valence-electron chi connectivity index (χ4n) is 2.69. The van der Waals surface area contributed by atoms with Gasteiger partial charge >= 0.3 is 0 Å². The summed E-state index contributed by atoms with van der Waals surface area (Å²) < 4.78 is 0. The number of hydrogen-bond donors (Lipinski definition) is 1. The Bertz CT molecular complexity index is 830. The van der Waals surface area contributed by atoms with Crippen LogP contribution in [0.5, 0.6) is 0 Å². The molecule has 0 aliphatic heterocycles. The summed E-state index contributed by atoms with van der Waals surface area (Å²) in [5.74, 6) is 0.0515. The molecule has 0 bridgehead atoms. The van der Waals surface area contributed by atoms with Crippen LogP contribution in [0, 0.1) is 20.8 Å². The zero-order chi connectivity index (χ0) is 17.1. The number of carbonyl (C=O) groups is 1. The number of rotatable bonds is 5. The molecular weight excluding hydrogens is 336 g/mol. The second kappa shape index (κ2) is 7.28. The summed E-state index contributed by atoms with van der Waals surface area (Å²) in [6.45, 7) is 6.05. The fraction of sp³-hybridized carbons (Fsp3) is 0.263. The van der Waals surface area contributed by atoms with Crippen LogP contribution in [0.4, 0.5) is 5.69 Å². The third kappa shape index (κ3) is 3.74. The van der Waals surface area contributed by atoms with Crippen molar-refractivity contribution in [3.05, 3.63) is 56.7 Å². The molecule has 2 aromatic heterocycles. The van der Waals surface area contributed by atoms with Gasteiger partial charge in [-0.25, -0.2) is 4.98 Å². The van der Waals surface area contributed by atoms with Crippen LogP contribution in [-0.4, -0.2) is 10.9 Å². The summed E-state index contributed by atoms with van der Waals surface area (Å²) in [7, 11) is 0. The molecule has 0 fully saturated rings. The van der Waals surface area contributed by atoms with Crippen LogP contribution in [0.1, 0.15) is 27.4 Å². The molecule has 0 saturated carbocycles. The van der Waals surface area contributed by atoms with Crippen molar-refractivity contribution >= 4 is 34.3 Å². The van der Waals surface area contributed by atoms with E-state index in [2.05, 4.69) is 21.7 Å². The molecule has 24 heavy (non-hydrogen) atoms. The largest absolute Gasteiger partial charge is 0.326 e. The highest BCUT2D eigenvalue weighted by Crippen LogP contribution is 2.32. The Morgan fingerprint density at radius 3 is 2.54 bits per heavy atom. The van der Waals surface area contributed by atoms with Gasteiger partial charge < -0.3 is 5.32 Å². The third-order valence-electron chi connectivity index (χ3n) is 3.88. The first kappa shape index (κ1) is 16.9. The maximum Gasteiger partial charge on any atom is 0.224 e. The molecule has 3 aromatic rings. The Labute approximate surface area is 150 Å². The predicted octanol–water partition coefficient (Wildman–Crippen LogP) is 5.37. The maximum atomic E-state index is 12.4. The first-order valence-electron chi connectivity index (χ1n) is 7.91. The highest BCUT2D eigenvalue weighted by atomic mass is 32.1. The number of para-hydroxylation sites is 1. The first-order valence-corrected chi connectivity index (χ1v) is 9.60. The van der Waals surface area contributed by atoms with Crippen LogP contribution in [0.15, 0.2) is 35.7 Å². The van der Waals surface area contributed by atoms with Crippen molar-refractivity contribution in [1.82, 2.24) is 4.98 Å². The second-order valence-corrected chi connectivity index (χ2v) is 8.03. The number of thiazole rings is 1. The van der Waals surface area contributed by atoms with Gasteiger partial charge in [-0.05, 0) is 49.8 Å². The molecular formula is C19H20N2OS2. The van der Waals surface area contributed by atoms with E-state index in [0.717, 1.165) is 33.9 Å². The molecule has 0 atom stereocenters. The number of nitrogens with zero attached hydrogens (tertiary/aromatic N) is 1. The average molecular weight is 357 g/mol. The van der Waals surface area contributed by atoms with Crippen molar-refractivity contribution < 1.29 is 4.79 Å². The molecule has 1 aromatic carbocycles. The topological polar surface area (TPSA) is 42.0 Å². The van der Waals surface area contributed by atoms with Gasteiger partial charge in [-0.2, -0.15) is 0 Å². The Hall–Kier alpha value is -1.98. The van der Waals surface area contributed by atoms with Crippen molar-refractivity contribution in [1.29, 1.82) is 0 Å². The van der Waals surface area contributed by atoms with E-state index in [9.17, 15) is 4.79 Å². The van der Waals surface area contributed by atoms with Gasteiger partial charge in [0.15, 0.2) is 0 Å². The molecule has 1 amide bonds. The number of hydrogen-bond acceptors (Lipinski definition) is 4. The van der Waals surface area contributed by atoms with Gasteiger partial charge in [0.1, 0.15) is 0 Å². The molecule has 0 radical (unpaired) electrons. The Kier molecular flexibility index (Phi) is 5.11. The molecule has 0 saturated heterocycles. The minimum Gasteiger partial charge on any atom is -0.326 e. The number of nitrogens with one attached hydrogen (secondary N) is 1. The van der Waals surface area contributed by atoms with Gasteiger partial charge in [-0.3, -0.25) is 4.79 Å². The van der Waals surface area contributed by atoms with E-state index in [-0.39, 0.29) is 5.91 Å². The lowest BCUT2D eigenvalue weighted by Crippen LogP contribution is -2.14. The number of anilines is 1. The summed E-state index contributed by atoms with van der Waals surface area (Å²) in [4.78, 5) is 19.4. The van der Waals surface area contributed by atoms with E-state index in [1.165, 1.54) is 9.75 Å². The van der Waals surface area contributed by atoms with Gasteiger partial charge in [-0.15, -0.1) is 22.7 Å². The first-order chi connectivity index (χ1) is 11.5. The van der Waals surface area contributed by atoms with Crippen LogP contribution in [0.3, 0.4) is 0 Å². The molecule has 5 heteroatoms. The van der Waals surface area contributed by atoms with Crippen LogP contribution in [0.2, 0.25) is 0 Å². The lowest BCUT2D eigenvalue weighted by Gasteiger charge is -2.11. The summed E-state index contributed by atoms with van der Waals surface area (Å²) in [6, 6.07) is 10.2. The third-order valence-corrected chi connectivity index (χ3v) is 5.79. The van der Waals surface area contributed by atoms with Crippen molar-refractivity contribution in [3.63, 3.8) is 0 Å². The van der Waals surface area contributed by atoms with Crippen LogP contribution >= 0.6 is 22.7 Å². The molecule has 3 nitrogen and oxygen atoms in total. The SMILES string of the molecule is Cc1nc(-c2cccs2)c(CCC(=O)Nc2c(C)cccc2C)s1. The average Bonchev–Trinajstić information content (AvgIpc) is 3.18. The number of amides is 1. The summed E-state index contributed by atoms with van der Waals surface area (Å²) in [5, 5.41) is 6.16. The van der Waals surface area contributed by atoms with Crippen molar-refractivity contribution in [2.24, 2.45) is 0 Å². The van der Waals surface area contributed by atoms with Crippen LogP contribution in [-0.2, 0) is 11.2 Å². The molecule has 3 rings (SSSR count). The van der Waals surface area contributed by atoms with E-state index in [1.807, 2.05) is 45.0 Å². The number of benzene rings is 1. The van der Waals surface area contributed by atoms with Gasteiger partial charge in [0.05, 0.1) is 15.6 Å². The van der Waals surface area contributed by atoms with E-state index in [1.54, 1.807) is 22.7 Å². The number of carbonyl (C=O) groups excluding carboxylic acids is 1. The number of aromatic nitrogens is 1. The molecule has 124 valence electrons. The Morgan fingerprint density at radius 2 is 1.88 bits per heavy atom. The summed E-state index contributed by atoms with van der Waals surface area (Å²) >= 11 is 3.37. The standard InChI is InChI=1S/C19H20N2OS2/c1-12-6-4-7-13(2)18(12)21-17(22)10-9-16-19(20-14(3)24-16)15-8-5-11-23-15/h4-8,11H,9-10H2,1-3H3,(H,21,22). The zero-order valence-electron chi connectivity index (χ0n) is 14.1. The summed E-state index contributed by atoms with van der Waals surface area (Å²) in [6.07, 6.45) is 1.18. The van der Waals surface area contributed by atoms with Gasteiger partial charge in [0, 0.05) is 17.0 Å². The maximum absolute atomic E-state index is 12.4. The Morgan fingerprint density at radius 1 is 1.12 bits per heavy atom. The van der Waals surface area contributed by atoms with Gasteiger partial charge in [0.25, 0.3) is 0 Å². The second-order valence-electron chi connectivity index (χ2n) is 5.80. The zero-order valence-corrected chi connectivity index (χ0v) is 15.7. The highest BCUT2D eigenvalue weighted by Gasteiger charge is 2.14. The fourth-order valence-corrected chi connectivity index (χ4v) is 4.44. The lowest BCUT2D eigenvalue weighted by molar-refractivity contribution is -0.116. The highest BCUT2D eigenvalue weighted by molar-refractivity contribution is 7.15. The number of thiophene rings is 1. The normalized spacial score (nSPS) is 10.8. The van der Waals surface area contributed by atoms with Crippen molar-refractivity contribution in [2.45, 2.75) is 33.6 Å². The van der Waals surface area contributed by atoms with E-state index in [4.69, 9.17) is 0 Å². The molecule has 0 unspecified atom stereocenters. The smallest absolute Gasteiger partial charge is 0.224 e. The number of aryl methyl sites for hydroxylation is 4. The molecule has 0 aliphatic carbocycles. The minimum absolute atomic E-state index is 0.0515. The van der Waals surface area contributed by atoms with Gasteiger partial charge in [0.2, 0.25) is 5.91 Å². The van der Waals surface area contributed by atoms with E-state index in [0.29, 0.717) is 6.42 Å². The Balaban J connectivity index is 1.69. The quantitative estimate of drug-likeness (QED) is 0.668. The lowest BCUT2D eigenvalue weighted by atomic mass is 10.1. The molecule has 2 heterocycles. The van der Waals surface area contributed by atoms with Crippen LogP contribution in [0.25, 0.3) is 10.6 Å². The predicted molar refractivity (Wildman–Crippen MR) is 103 cm³/mol. The van der Waals surface area contributed by atoms with Crippen molar-refractivity contribution in [2.75, 3.05) is 5.32 Å². The summed E-state index contributed by atoms with van der Waals surface area (Å²) in [5.41, 5.74) is 4.15.